The Balaban J connectivity index is 2.20. The summed E-state index contributed by atoms with van der Waals surface area (Å²) in [5.41, 5.74) is 0.0104. The van der Waals surface area contributed by atoms with Gasteiger partial charge in [-0.3, -0.25) is 24.1 Å². The Morgan fingerprint density at radius 1 is 0.938 bits per heavy atom. The normalized spacial score (nSPS) is 12.4. The highest BCUT2D eigenvalue weighted by atomic mass is 16.5. The Hall–Kier alpha value is -4.01. The first kappa shape index (κ1) is 22.7. The summed E-state index contributed by atoms with van der Waals surface area (Å²) in [5.74, 6) is -3.34. The van der Waals surface area contributed by atoms with E-state index in [2.05, 4.69) is 5.32 Å². The number of carbonyl (C=O) groups excluding carboxylic acids is 5. The van der Waals surface area contributed by atoms with Gasteiger partial charge in [0, 0.05) is 12.6 Å². The minimum Gasteiger partial charge on any atom is -0.466 e. The third kappa shape index (κ3) is 4.22. The molecule has 1 aliphatic heterocycles. The summed E-state index contributed by atoms with van der Waals surface area (Å²) >= 11 is 0. The molecule has 0 spiro atoms. The number of esters is 2. The number of rotatable bonds is 7. The fraction of sp³-hybridized carbons (Fsp3) is 0.261. The first-order chi connectivity index (χ1) is 15.3. The molecule has 0 bridgehead atoms. The molecule has 1 N–H and O–H groups in total. The number of nitrogens with zero attached hydrogens (tertiary/aromatic N) is 1. The molecule has 9 nitrogen and oxygen atoms in total. The fourth-order valence-electron chi connectivity index (χ4n) is 3.42. The lowest BCUT2D eigenvalue weighted by Crippen LogP contribution is -2.25. The summed E-state index contributed by atoms with van der Waals surface area (Å²) in [6.45, 7) is 3.39. The van der Waals surface area contributed by atoms with Gasteiger partial charge >= 0.3 is 11.9 Å². The van der Waals surface area contributed by atoms with Gasteiger partial charge in [-0.05, 0) is 37.6 Å². The highest BCUT2D eigenvalue weighted by molar-refractivity contribution is 6.26. The number of imide groups is 1. The summed E-state index contributed by atoms with van der Waals surface area (Å²) in [7, 11) is 1.28. The van der Waals surface area contributed by atoms with Crippen LogP contribution in [0.3, 0.4) is 0 Å². The molecule has 166 valence electrons. The number of hydrogen-bond acceptors (Lipinski definition) is 7. The lowest BCUT2D eigenvalue weighted by molar-refractivity contribution is -0.142. The zero-order valence-electron chi connectivity index (χ0n) is 17.9. The molecule has 0 saturated heterocycles. The van der Waals surface area contributed by atoms with Crippen molar-refractivity contribution in [2.75, 3.05) is 25.6 Å². The van der Waals surface area contributed by atoms with Crippen LogP contribution in [0.1, 0.15) is 60.8 Å². The first-order valence-corrected chi connectivity index (χ1v) is 10.0. The van der Waals surface area contributed by atoms with Gasteiger partial charge in [0.2, 0.25) is 0 Å². The topological polar surface area (TPSA) is 119 Å². The Kier molecular flexibility index (Phi) is 6.67. The quantitative estimate of drug-likeness (QED) is 0.521. The number of ether oxygens (including phenoxy) is 2. The van der Waals surface area contributed by atoms with Crippen molar-refractivity contribution in [3.05, 3.63) is 64.2 Å². The van der Waals surface area contributed by atoms with Gasteiger partial charge in [0.1, 0.15) is 0 Å². The zero-order chi connectivity index (χ0) is 23.4. The highest BCUT2D eigenvalue weighted by Gasteiger charge is 2.40. The van der Waals surface area contributed by atoms with Crippen molar-refractivity contribution in [3.8, 4) is 0 Å². The van der Waals surface area contributed by atoms with E-state index in [0.717, 1.165) is 4.90 Å². The van der Waals surface area contributed by atoms with Crippen molar-refractivity contribution < 1.29 is 33.4 Å². The summed E-state index contributed by atoms with van der Waals surface area (Å²) < 4.78 is 10.1. The van der Waals surface area contributed by atoms with Crippen LogP contribution in [0.25, 0.3) is 0 Å². The van der Waals surface area contributed by atoms with Crippen molar-refractivity contribution in [2.45, 2.75) is 20.3 Å². The van der Waals surface area contributed by atoms with Crippen molar-refractivity contribution in [2.24, 2.45) is 0 Å². The molecular weight excluding hydrogens is 416 g/mol. The van der Waals surface area contributed by atoms with Gasteiger partial charge < -0.3 is 14.8 Å². The molecule has 0 aliphatic carbocycles. The van der Waals surface area contributed by atoms with E-state index in [1.807, 2.05) is 0 Å². The van der Waals surface area contributed by atoms with Gasteiger partial charge in [0.15, 0.2) is 0 Å². The number of anilines is 1. The largest absolute Gasteiger partial charge is 0.466 e. The van der Waals surface area contributed by atoms with Crippen LogP contribution in [0.15, 0.2) is 36.4 Å². The second-order valence-electron chi connectivity index (χ2n) is 6.89. The summed E-state index contributed by atoms with van der Waals surface area (Å²) in [6.07, 6.45) is -0.413. The zero-order valence-corrected chi connectivity index (χ0v) is 17.9. The van der Waals surface area contributed by atoms with E-state index < -0.39 is 36.1 Å². The average Bonchev–Trinajstić information content (AvgIpc) is 3.00. The minimum absolute atomic E-state index is 0.0211. The van der Waals surface area contributed by atoms with Crippen molar-refractivity contribution in [3.63, 3.8) is 0 Å². The summed E-state index contributed by atoms with van der Waals surface area (Å²) in [6, 6.07) is 9.51. The number of fused-ring (bicyclic) bond motifs is 1. The molecular formula is C23H22N2O7. The van der Waals surface area contributed by atoms with Crippen LogP contribution in [0.2, 0.25) is 0 Å². The van der Waals surface area contributed by atoms with Gasteiger partial charge in [-0.2, -0.15) is 0 Å². The second kappa shape index (κ2) is 9.42. The molecule has 0 radical (unpaired) electrons. The fourth-order valence-corrected chi connectivity index (χ4v) is 3.42. The van der Waals surface area contributed by atoms with Crippen LogP contribution in [0.5, 0.6) is 0 Å². The molecule has 9 heteroatoms. The van der Waals surface area contributed by atoms with Gasteiger partial charge in [0.25, 0.3) is 17.7 Å². The maximum atomic E-state index is 12.9. The third-order valence-electron chi connectivity index (χ3n) is 4.88. The van der Waals surface area contributed by atoms with Crippen LogP contribution in [0.4, 0.5) is 5.69 Å². The Labute approximate surface area is 184 Å². The molecule has 1 aliphatic rings. The van der Waals surface area contributed by atoms with Crippen molar-refractivity contribution in [1.29, 1.82) is 0 Å². The molecule has 0 atom stereocenters. The molecule has 3 rings (SSSR count). The third-order valence-corrected chi connectivity index (χ3v) is 4.88. The highest BCUT2D eigenvalue weighted by Crippen LogP contribution is 2.35. The van der Waals surface area contributed by atoms with E-state index in [4.69, 9.17) is 9.47 Å². The number of benzene rings is 2. The van der Waals surface area contributed by atoms with E-state index in [1.165, 1.54) is 13.1 Å². The molecule has 0 aromatic heterocycles. The Morgan fingerprint density at radius 2 is 1.56 bits per heavy atom. The standard InChI is InChI=1S/C23H22N2O7/c1-4-31-17(26)12-14-15(23(30)32-5-2)11-16(19-18(14)21(28)25(3)22(19)29)24-20(27)13-9-7-6-8-10-13/h6-11H,4-5,12H2,1-3H3,(H,24,27). The molecule has 32 heavy (non-hydrogen) atoms. The van der Waals surface area contributed by atoms with Gasteiger partial charge in [-0.15, -0.1) is 0 Å². The maximum Gasteiger partial charge on any atom is 0.338 e. The predicted octanol–water partition coefficient (Wildman–Crippen LogP) is 2.45. The smallest absolute Gasteiger partial charge is 0.338 e. The average molecular weight is 438 g/mol. The molecule has 2 aromatic rings. The van der Waals surface area contributed by atoms with E-state index in [0.29, 0.717) is 5.56 Å². The maximum absolute atomic E-state index is 12.9. The predicted molar refractivity (Wildman–Crippen MR) is 114 cm³/mol. The molecule has 3 amide bonds. The van der Waals surface area contributed by atoms with Crippen molar-refractivity contribution in [1.82, 2.24) is 4.90 Å². The van der Waals surface area contributed by atoms with Crippen LogP contribution >= 0.6 is 0 Å². The van der Waals surface area contributed by atoms with E-state index in [-0.39, 0.29) is 41.2 Å². The van der Waals surface area contributed by atoms with Gasteiger partial charge in [0.05, 0.1) is 42.0 Å². The number of nitrogens with one attached hydrogen (secondary N) is 1. The van der Waals surface area contributed by atoms with E-state index in [9.17, 15) is 24.0 Å². The molecule has 0 fully saturated rings. The van der Waals surface area contributed by atoms with Gasteiger partial charge in [-0.1, -0.05) is 18.2 Å². The summed E-state index contributed by atoms with van der Waals surface area (Å²) in [4.78, 5) is 64.2. The molecule has 0 unspecified atom stereocenters. The monoisotopic (exact) mass is 438 g/mol. The second-order valence-corrected chi connectivity index (χ2v) is 6.89. The molecule has 1 heterocycles. The SMILES string of the molecule is CCOC(=O)Cc1c(C(=O)OCC)cc(NC(=O)c2ccccc2)c2c1C(=O)N(C)C2=O. The van der Waals surface area contributed by atoms with Crippen LogP contribution in [-0.4, -0.2) is 54.8 Å². The lowest BCUT2D eigenvalue weighted by atomic mass is 9.93. The van der Waals surface area contributed by atoms with E-state index in [1.54, 1.807) is 44.2 Å². The number of carbonyl (C=O) groups is 5. The first-order valence-electron chi connectivity index (χ1n) is 10.0. The lowest BCUT2D eigenvalue weighted by Gasteiger charge is -2.16. The minimum atomic E-state index is -0.792. The summed E-state index contributed by atoms with van der Waals surface area (Å²) in [5, 5.41) is 2.61. The Bertz CT molecular complexity index is 1110. The van der Waals surface area contributed by atoms with Crippen molar-refractivity contribution >= 4 is 35.3 Å². The van der Waals surface area contributed by atoms with Crippen LogP contribution in [-0.2, 0) is 20.7 Å². The number of hydrogen-bond donors (Lipinski definition) is 1. The Morgan fingerprint density at radius 3 is 2.19 bits per heavy atom. The molecule has 2 aromatic carbocycles. The number of amides is 3. The van der Waals surface area contributed by atoms with E-state index >= 15 is 0 Å². The van der Waals surface area contributed by atoms with Crippen LogP contribution in [0, 0.1) is 0 Å². The van der Waals surface area contributed by atoms with Gasteiger partial charge in [-0.25, -0.2) is 4.79 Å². The van der Waals surface area contributed by atoms with Crippen LogP contribution < -0.4 is 5.32 Å². The molecule has 0 saturated carbocycles.